The van der Waals surface area contributed by atoms with E-state index in [2.05, 4.69) is 40.8 Å². The van der Waals surface area contributed by atoms with Gasteiger partial charge in [-0.15, -0.1) is 20.4 Å². The number of rotatable bonds is 13. The summed E-state index contributed by atoms with van der Waals surface area (Å²) in [5, 5.41) is 17.1. The van der Waals surface area contributed by atoms with E-state index in [1.807, 2.05) is 66.7 Å². The Morgan fingerprint density at radius 2 is 1.00 bits per heavy atom. The second-order valence-electron chi connectivity index (χ2n) is 9.33. The molecule has 0 amide bonds. The minimum Gasteiger partial charge on any atom is -0.494 e. The predicted molar refractivity (Wildman–Crippen MR) is 155 cm³/mol. The summed E-state index contributed by atoms with van der Waals surface area (Å²) < 4.78 is 23.5. The number of nitrogens with zero attached hydrogens (tertiary/aromatic N) is 4. The van der Waals surface area contributed by atoms with Crippen molar-refractivity contribution >= 4 is 6.08 Å². The molecule has 0 saturated heterocycles. The summed E-state index contributed by atoms with van der Waals surface area (Å²) in [6, 6.07) is 21.0. The van der Waals surface area contributed by atoms with Crippen molar-refractivity contribution in [2.24, 2.45) is 0 Å². The molecule has 204 valence electrons. The van der Waals surface area contributed by atoms with Crippen molar-refractivity contribution in [2.75, 3.05) is 13.2 Å². The van der Waals surface area contributed by atoms with Gasteiger partial charge in [-0.1, -0.05) is 39.3 Å². The van der Waals surface area contributed by atoms with Crippen LogP contribution in [0.15, 0.2) is 82.1 Å². The van der Waals surface area contributed by atoms with E-state index in [1.165, 1.54) is 0 Å². The van der Waals surface area contributed by atoms with Crippen molar-refractivity contribution in [3.8, 4) is 57.3 Å². The lowest BCUT2D eigenvalue weighted by Gasteiger charge is -2.05. The van der Waals surface area contributed by atoms with Gasteiger partial charge in [0.15, 0.2) is 0 Å². The molecule has 3 aromatic carbocycles. The quantitative estimate of drug-likeness (QED) is 0.139. The summed E-state index contributed by atoms with van der Waals surface area (Å²) in [7, 11) is 0. The molecule has 0 aliphatic rings. The number of hydrogen-bond acceptors (Lipinski definition) is 8. The molecule has 0 bridgehead atoms. The first-order chi connectivity index (χ1) is 19.7. The van der Waals surface area contributed by atoms with Crippen LogP contribution >= 0.6 is 0 Å². The van der Waals surface area contributed by atoms with Gasteiger partial charge in [0.1, 0.15) is 11.5 Å². The van der Waals surface area contributed by atoms with Crippen LogP contribution < -0.4 is 9.47 Å². The first-order valence-corrected chi connectivity index (χ1v) is 13.6. The Labute approximate surface area is 233 Å². The van der Waals surface area contributed by atoms with E-state index >= 15 is 0 Å². The largest absolute Gasteiger partial charge is 0.494 e. The maximum absolute atomic E-state index is 6.03. The molecule has 40 heavy (non-hydrogen) atoms. The fourth-order valence-corrected chi connectivity index (χ4v) is 3.99. The molecule has 0 spiro atoms. The van der Waals surface area contributed by atoms with Gasteiger partial charge in [-0.3, -0.25) is 0 Å². The molecule has 5 aromatic rings. The third-order valence-electron chi connectivity index (χ3n) is 6.27. The second kappa shape index (κ2) is 12.9. The lowest BCUT2D eigenvalue weighted by molar-refractivity contribution is 0.309. The summed E-state index contributed by atoms with van der Waals surface area (Å²) in [5.74, 6) is 3.22. The molecular formula is C32H32N4O4. The summed E-state index contributed by atoms with van der Waals surface area (Å²) in [6.45, 7) is 9.59. The summed E-state index contributed by atoms with van der Waals surface area (Å²) in [4.78, 5) is 0. The van der Waals surface area contributed by atoms with Crippen molar-refractivity contribution in [2.45, 2.75) is 39.5 Å². The second-order valence-corrected chi connectivity index (χ2v) is 9.33. The topological polar surface area (TPSA) is 96.3 Å². The zero-order chi connectivity index (χ0) is 27.7. The standard InChI is InChI=1S/C32H32N4O4/c1-4-7-17-37-27-13-9-23(10-14-27)29-33-35-31(39-29)25-19-22(6-3)20-26(21-25)32-36-34-30(40-32)24-11-15-28(16-12-24)38-18-8-5-2/h6,9-16,19-21H,3-5,7-8,17-18H2,1-2H3. The number of unbranched alkanes of at least 4 members (excludes halogenated alkanes) is 2. The van der Waals surface area contributed by atoms with Crippen LogP contribution in [0.5, 0.6) is 11.5 Å². The van der Waals surface area contributed by atoms with Gasteiger partial charge >= 0.3 is 0 Å². The maximum Gasteiger partial charge on any atom is 0.248 e. The number of hydrogen-bond donors (Lipinski definition) is 0. The summed E-state index contributed by atoms with van der Waals surface area (Å²) >= 11 is 0. The van der Waals surface area contributed by atoms with Gasteiger partial charge in [0, 0.05) is 22.3 Å². The molecule has 5 rings (SSSR count). The van der Waals surface area contributed by atoms with Gasteiger partial charge in [-0.05, 0) is 85.1 Å². The van der Waals surface area contributed by atoms with E-state index in [-0.39, 0.29) is 0 Å². The summed E-state index contributed by atoms with van der Waals surface area (Å²) in [5.41, 5.74) is 3.92. The van der Waals surface area contributed by atoms with Gasteiger partial charge in [0.25, 0.3) is 0 Å². The monoisotopic (exact) mass is 536 g/mol. The maximum atomic E-state index is 6.03. The van der Waals surface area contributed by atoms with E-state index in [1.54, 1.807) is 6.08 Å². The third kappa shape index (κ3) is 6.46. The molecule has 8 nitrogen and oxygen atoms in total. The first kappa shape index (κ1) is 26.9. The Hall–Kier alpha value is -4.72. The van der Waals surface area contributed by atoms with E-state index in [9.17, 15) is 0 Å². The lowest BCUT2D eigenvalue weighted by Crippen LogP contribution is -1.95. The average molecular weight is 537 g/mol. The van der Waals surface area contributed by atoms with Crippen LogP contribution in [-0.2, 0) is 0 Å². The Morgan fingerprint density at radius 1 is 0.600 bits per heavy atom. The van der Waals surface area contributed by atoms with Crippen molar-refractivity contribution in [3.63, 3.8) is 0 Å². The smallest absolute Gasteiger partial charge is 0.248 e. The molecule has 0 aliphatic heterocycles. The van der Waals surface area contributed by atoms with Crippen LogP contribution in [0.1, 0.15) is 45.1 Å². The van der Waals surface area contributed by atoms with Crippen molar-refractivity contribution in [1.29, 1.82) is 0 Å². The van der Waals surface area contributed by atoms with Crippen LogP contribution in [0.25, 0.3) is 51.9 Å². The first-order valence-electron chi connectivity index (χ1n) is 13.6. The van der Waals surface area contributed by atoms with Crippen LogP contribution in [-0.4, -0.2) is 33.6 Å². The average Bonchev–Trinajstić information content (AvgIpc) is 3.69. The minimum atomic E-state index is 0.377. The fourth-order valence-electron chi connectivity index (χ4n) is 3.99. The Morgan fingerprint density at radius 3 is 1.38 bits per heavy atom. The van der Waals surface area contributed by atoms with Crippen LogP contribution in [0.2, 0.25) is 0 Å². The van der Waals surface area contributed by atoms with Gasteiger partial charge < -0.3 is 18.3 Å². The van der Waals surface area contributed by atoms with E-state index in [0.717, 1.165) is 65.0 Å². The number of benzene rings is 3. The molecule has 0 atom stereocenters. The number of ether oxygens (including phenoxy) is 2. The highest BCUT2D eigenvalue weighted by Gasteiger charge is 2.16. The van der Waals surface area contributed by atoms with E-state index < -0.39 is 0 Å². The van der Waals surface area contributed by atoms with Crippen LogP contribution in [0.3, 0.4) is 0 Å². The van der Waals surface area contributed by atoms with Crippen molar-refractivity contribution in [3.05, 3.63) is 78.9 Å². The van der Waals surface area contributed by atoms with Crippen molar-refractivity contribution in [1.82, 2.24) is 20.4 Å². The molecule has 2 heterocycles. The molecule has 8 heteroatoms. The van der Waals surface area contributed by atoms with Gasteiger partial charge in [0.05, 0.1) is 13.2 Å². The zero-order valence-electron chi connectivity index (χ0n) is 22.8. The molecular weight excluding hydrogens is 504 g/mol. The Kier molecular flexibility index (Phi) is 8.66. The molecule has 0 radical (unpaired) electrons. The van der Waals surface area contributed by atoms with Gasteiger partial charge in [0.2, 0.25) is 23.6 Å². The van der Waals surface area contributed by atoms with Gasteiger partial charge in [-0.25, -0.2) is 0 Å². The highest BCUT2D eigenvalue weighted by Crippen LogP contribution is 2.31. The van der Waals surface area contributed by atoms with Crippen LogP contribution in [0, 0.1) is 0 Å². The molecule has 0 fully saturated rings. The molecule has 2 aromatic heterocycles. The highest BCUT2D eigenvalue weighted by atomic mass is 16.5. The molecule has 0 aliphatic carbocycles. The summed E-state index contributed by atoms with van der Waals surface area (Å²) in [6.07, 6.45) is 5.97. The van der Waals surface area contributed by atoms with Crippen molar-refractivity contribution < 1.29 is 18.3 Å². The lowest BCUT2D eigenvalue weighted by atomic mass is 10.1. The van der Waals surface area contributed by atoms with Crippen LogP contribution in [0.4, 0.5) is 0 Å². The fraction of sp³-hybridized carbons (Fsp3) is 0.250. The number of aromatic nitrogens is 4. The highest BCUT2D eigenvalue weighted by molar-refractivity contribution is 5.71. The predicted octanol–water partition coefficient (Wildman–Crippen LogP) is 8.12. The molecule has 0 saturated carbocycles. The molecule has 0 N–H and O–H groups in total. The minimum absolute atomic E-state index is 0.377. The van der Waals surface area contributed by atoms with E-state index in [4.69, 9.17) is 18.3 Å². The van der Waals surface area contributed by atoms with Gasteiger partial charge in [-0.2, -0.15) is 0 Å². The van der Waals surface area contributed by atoms with E-state index in [0.29, 0.717) is 36.8 Å². The Bertz CT molecular complexity index is 1430. The normalized spacial score (nSPS) is 10.9. The SMILES string of the molecule is C=Cc1cc(-c2nnc(-c3ccc(OCCCC)cc3)o2)cc(-c2nnc(-c3ccc(OCCCC)cc3)o2)c1. The zero-order valence-corrected chi connectivity index (χ0v) is 22.8. The Balaban J connectivity index is 1.34. The molecule has 0 unspecified atom stereocenters. The third-order valence-corrected chi connectivity index (χ3v) is 6.27.